The van der Waals surface area contributed by atoms with Gasteiger partial charge in [0.15, 0.2) is 28.8 Å². The average molecular weight is 615 g/mol. The molecule has 0 aliphatic carbocycles. The van der Waals surface area contributed by atoms with E-state index in [1.54, 1.807) is 48.5 Å². The van der Waals surface area contributed by atoms with Crippen LogP contribution in [0, 0.1) is 0 Å². The molecule has 0 aliphatic heterocycles. The zero-order valence-corrected chi connectivity index (χ0v) is 25.0. The maximum Gasteiger partial charge on any atom is 0.165 e. The van der Waals surface area contributed by atoms with Gasteiger partial charge in [-0.1, -0.05) is 97.1 Å². The van der Waals surface area contributed by atoms with E-state index >= 15 is 0 Å². The van der Waals surface area contributed by atoms with Crippen LogP contribution in [0.15, 0.2) is 121 Å². The van der Waals surface area contributed by atoms with Crippen molar-refractivity contribution in [3.63, 3.8) is 0 Å². The number of carbonyl (C=O) groups excluding carboxylic acids is 1. The van der Waals surface area contributed by atoms with E-state index in [4.69, 9.17) is 9.47 Å². The topological polar surface area (TPSA) is 116 Å². The molecule has 46 heavy (non-hydrogen) atoms. The van der Waals surface area contributed by atoms with Crippen LogP contribution in [0.2, 0.25) is 0 Å². The van der Waals surface area contributed by atoms with Crippen LogP contribution in [0.3, 0.4) is 0 Å². The molecular weight excluding hydrogens is 580 g/mol. The van der Waals surface area contributed by atoms with Gasteiger partial charge in [0.05, 0.1) is 25.0 Å². The van der Waals surface area contributed by atoms with Gasteiger partial charge in [-0.05, 0) is 57.3 Å². The maximum atomic E-state index is 14.5. The molecule has 0 amide bonds. The van der Waals surface area contributed by atoms with Crippen LogP contribution >= 0.6 is 0 Å². The number of aromatic hydroxyl groups is 2. The molecule has 0 saturated carbocycles. The monoisotopic (exact) mass is 614 g/mol. The minimum absolute atomic E-state index is 0.0333. The molecule has 6 aromatic rings. The van der Waals surface area contributed by atoms with Crippen molar-refractivity contribution in [3.05, 3.63) is 144 Å². The summed E-state index contributed by atoms with van der Waals surface area (Å²) in [6.45, 7) is -0.273. The van der Waals surface area contributed by atoms with E-state index in [1.807, 2.05) is 72.8 Å². The van der Waals surface area contributed by atoms with Crippen molar-refractivity contribution >= 4 is 27.3 Å². The van der Waals surface area contributed by atoms with Crippen LogP contribution in [0.5, 0.6) is 23.0 Å². The van der Waals surface area contributed by atoms with Gasteiger partial charge >= 0.3 is 0 Å². The first-order chi connectivity index (χ1) is 22.5. The molecule has 0 fully saturated rings. The number of phenols is 2. The summed E-state index contributed by atoms with van der Waals surface area (Å²) < 4.78 is 12.3. The Morgan fingerprint density at radius 3 is 1.35 bits per heavy atom. The summed E-state index contributed by atoms with van der Waals surface area (Å²) in [6, 6.07) is 36.2. The van der Waals surface area contributed by atoms with Crippen LogP contribution in [0.25, 0.3) is 21.5 Å². The zero-order valence-electron chi connectivity index (χ0n) is 25.0. The number of ketones is 1. The summed E-state index contributed by atoms with van der Waals surface area (Å²) in [5.41, 5.74) is 2.98. The minimum Gasteiger partial charge on any atom is -0.504 e. The Morgan fingerprint density at radius 1 is 0.543 bits per heavy atom. The summed E-state index contributed by atoms with van der Waals surface area (Å²) in [6.07, 6.45) is 0. The molecule has 4 N–H and O–H groups in total. The van der Waals surface area contributed by atoms with E-state index in [0.29, 0.717) is 10.8 Å². The van der Waals surface area contributed by atoms with Crippen LogP contribution in [-0.4, -0.2) is 39.4 Å². The van der Waals surface area contributed by atoms with Gasteiger partial charge < -0.3 is 29.9 Å². The Morgan fingerprint density at radius 2 is 0.957 bits per heavy atom. The summed E-state index contributed by atoms with van der Waals surface area (Å²) in [4.78, 5) is 14.5. The molecule has 7 nitrogen and oxygen atoms in total. The molecule has 2 unspecified atom stereocenters. The number of aliphatic hydroxyl groups is 2. The fourth-order valence-corrected chi connectivity index (χ4v) is 5.76. The van der Waals surface area contributed by atoms with Crippen molar-refractivity contribution in [2.24, 2.45) is 0 Å². The third-order valence-corrected chi connectivity index (χ3v) is 8.30. The minimum atomic E-state index is -0.705. The summed E-state index contributed by atoms with van der Waals surface area (Å²) >= 11 is 0. The van der Waals surface area contributed by atoms with E-state index in [-0.39, 0.29) is 55.2 Å². The summed E-state index contributed by atoms with van der Waals surface area (Å²) in [7, 11) is 0. The number of hydrogen-bond donors (Lipinski definition) is 4. The summed E-state index contributed by atoms with van der Waals surface area (Å²) in [5.74, 6) is -1.14. The van der Waals surface area contributed by atoms with Gasteiger partial charge in [0.2, 0.25) is 0 Å². The second-order valence-electron chi connectivity index (χ2n) is 11.2. The van der Waals surface area contributed by atoms with Crippen molar-refractivity contribution in [1.29, 1.82) is 0 Å². The number of fused-ring (bicyclic) bond motifs is 2. The first-order valence-corrected chi connectivity index (χ1v) is 15.1. The van der Waals surface area contributed by atoms with Crippen LogP contribution < -0.4 is 9.47 Å². The first kappa shape index (κ1) is 30.6. The lowest BCUT2D eigenvalue weighted by Gasteiger charge is -2.24. The molecule has 7 heteroatoms. The molecular formula is C39H34O7. The lowest BCUT2D eigenvalue weighted by molar-refractivity contribution is -0.123. The molecule has 0 aromatic heterocycles. The highest BCUT2D eigenvalue weighted by Crippen LogP contribution is 2.38. The molecule has 0 bridgehead atoms. The van der Waals surface area contributed by atoms with Gasteiger partial charge in [0.1, 0.15) is 13.2 Å². The fraction of sp³-hybridized carbons (Fsp3) is 0.154. The standard InChI is InChI=1S/C39H34O7/c40-21-25-11-15-31-29(19-25)13-17-35(38(31)43)45-23-33(27-7-3-1-4-8-27)37(42)34(28-9-5-2-6-10-28)24-46-36-18-14-30-20-26(22-41)12-16-32(30)39(36)44/h1-20,33-34,40-41,43-44H,21-24H2. The van der Waals surface area contributed by atoms with Crippen molar-refractivity contribution in [1.82, 2.24) is 0 Å². The van der Waals surface area contributed by atoms with E-state index in [2.05, 4.69) is 0 Å². The number of hydrogen-bond acceptors (Lipinski definition) is 7. The number of ether oxygens (including phenoxy) is 2. The van der Waals surface area contributed by atoms with Gasteiger partial charge in [-0.3, -0.25) is 4.79 Å². The third kappa shape index (κ3) is 6.38. The van der Waals surface area contributed by atoms with Gasteiger partial charge in [0.25, 0.3) is 0 Å². The van der Waals surface area contributed by atoms with E-state index in [1.165, 1.54) is 0 Å². The van der Waals surface area contributed by atoms with E-state index in [0.717, 1.165) is 33.0 Å². The molecule has 6 rings (SSSR count). The van der Waals surface area contributed by atoms with Gasteiger partial charge in [-0.2, -0.15) is 0 Å². The normalized spacial score (nSPS) is 12.6. The molecule has 0 saturated heterocycles. The Hall–Kier alpha value is -5.37. The second-order valence-corrected chi connectivity index (χ2v) is 11.2. The summed E-state index contributed by atoms with van der Waals surface area (Å²) in [5, 5.41) is 43.7. The van der Waals surface area contributed by atoms with Crippen molar-refractivity contribution < 1.29 is 34.7 Å². The third-order valence-electron chi connectivity index (χ3n) is 8.30. The first-order valence-electron chi connectivity index (χ1n) is 15.1. The van der Waals surface area contributed by atoms with Gasteiger partial charge in [0, 0.05) is 10.8 Å². The number of aliphatic hydroxyl groups excluding tert-OH is 2. The van der Waals surface area contributed by atoms with Crippen LogP contribution in [0.1, 0.15) is 34.1 Å². The number of benzene rings is 6. The smallest absolute Gasteiger partial charge is 0.165 e. The number of Topliss-reactive ketones (excluding diaryl/α,β-unsaturated/α-hetero) is 1. The zero-order chi connectivity index (χ0) is 32.0. The molecule has 0 heterocycles. The van der Waals surface area contributed by atoms with Crippen LogP contribution in [-0.2, 0) is 18.0 Å². The van der Waals surface area contributed by atoms with Crippen LogP contribution in [0.4, 0.5) is 0 Å². The molecule has 0 aliphatic rings. The average Bonchev–Trinajstić information content (AvgIpc) is 3.10. The predicted molar refractivity (Wildman–Crippen MR) is 177 cm³/mol. The van der Waals surface area contributed by atoms with Crippen molar-refractivity contribution in [3.8, 4) is 23.0 Å². The predicted octanol–water partition coefficient (Wildman–Crippen LogP) is 6.98. The quantitative estimate of drug-likeness (QED) is 0.118. The van der Waals surface area contributed by atoms with Gasteiger partial charge in [-0.25, -0.2) is 0 Å². The second kappa shape index (κ2) is 13.7. The molecule has 6 aromatic carbocycles. The van der Waals surface area contributed by atoms with Crippen molar-refractivity contribution in [2.75, 3.05) is 13.2 Å². The molecule has 0 radical (unpaired) electrons. The largest absolute Gasteiger partial charge is 0.504 e. The highest BCUT2D eigenvalue weighted by Gasteiger charge is 2.31. The highest BCUT2D eigenvalue weighted by atomic mass is 16.5. The molecule has 232 valence electrons. The SMILES string of the molecule is O=C(C(COc1ccc2cc(CO)ccc2c1O)c1ccccc1)C(COc1ccc2cc(CO)ccc2c1O)c1ccccc1. The molecule has 0 spiro atoms. The molecule has 2 atom stereocenters. The Balaban J connectivity index is 1.30. The van der Waals surface area contributed by atoms with Gasteiger partial charge in [-0.15, -0.1) is 0 Å². The Bertz CT molecular complexity index is 1830. The Labute approximate surface area is 266 Å². The maximum absolute atomic E-state index is 14.5. The number of carbonyl (C=O) groups is 1. The lowest BCUT2D eigenvalue weighted by atomic mass is 9.84. The van der Waals surface area contributed by atoms with Crippen molar-refractivity contribution in [2.45, 2.75) is 25.0 Å². The fourth-order valence-electron chi connectivity index (χ4n) is 5.76. The lowest BCUT2D eigenvalue weighted by Crippen LogP contribution is -2.29. The van der Waals surface area contributed by atoms with E-state index < -0.39 is 11.8 Å². The van der Waals surface area contributed by atoms with E-state index in [9.17, 15) is 25.2 Å². The number of phenolic OH excluding ortho intramolecular Hbond substituents is 2. The highest BCUT2D eigenvalue weighted by molar-refractivity contribution is 5.93. The number of rotatable bonds is 12. The Kier molecular flexibility index (Phi) is 9.15.